The van der Waals surface area contributed by atoms with Crippen molar-refractivity contribution in [1.29, 1.82) is 0 Å². The molecule has 106 valence electrons. The van der Waals surface area contributed by atoms with Crippen molar-refractivity contribution in [2.24, 2.45) is 5.41 Å². The zero-order valence-electron chi connectivity index (χ0n) is 11.2. The van der Waals surface area contributed by atoms with Crippen LogP contribution < -0.4 is 5.32 Å². The number of hydrogen-bond acceptors (Lipinski definition) is 2. The highest BCUT2D eigenvalue weighted by Crippen LogP contribution is 2.21. The Morgan fingerprint density at radius 2 is 2.16 bits per heavy atom. The maximum atomic E-state index is 13.5. The van der Waals surface area contributed by atoms with Crippen LogP contribution in [0.4, 0.5) is 4.39 Å². The van der Waals surface area contributed by atoms with E-state index >= 15 is 0 Å². The highest BCUT2D eigenvalue weighted by molar-refractivity contribution is 9.10. The fraction of sp³-hybridized carbons (Fsp3) is 0.500. The van der Waals surface area contributed by atoms with Gasteiger partial charge in [-0.1, -0.05) is 19.9 Å². The Labute approximate surface area is 121 Å². The highest BCUT2D eigenvalue weighted by Gasteiger charge is 2.17. The smallest absolute Gasteiger partial charge is 0.255 e. The monoisotopic (exact) mass is 331 g/mol. The zero-order valence-corrected chi connectivity index (χ0v) is 12.8. The number of nitrogens with one attached hydrogen (secondary N) is 1. The number of carbonyl (C=O) groups is 1. The van der Waals surface area contributed by atoms with E-state index in [1.54, 1.807) is 12.1 Å². The molecule has 0 aliphatic heterocycles. The van der Waals surface area contributed by atoms with Crippen molar-refractivity contribution in [3.05, 3.63) is 34.1 Å². The number of amides is 1. The predicted octanol–water partition coefficient (Wildman–Crippen LogP) is 3.12. The molecule has 0 saturated carbocycles. The van der Waals surface area contributed by atoms with Gasteiger partial charge >= 0.3 is 0 Å². The van der Waals surface area contributed by atoms with E-state index in [0.717, 1.165) is 12.8 Å². The lowest BCUT2D eigenvalue weighted by Gasteiger charge is -2.21. The third kappa shape index (κ3) is 4.91. The molecule has 1 aromatic rings. The Morgan fingerprint density at radius 3 is 2.74 bits per heavy atom. The first-order valence-electron chi connectivity index (χ1n) is 6.20. The van der Waals surface area contributed by atoms with Crippen LogP contribution in [0.3, 0.4) is 0 Å². The molecular formula is C14H19BrFNO2. The number of hydrogen-bond donors (Lipinski definition) is 2. The molecule has 0 radical (unpaired) electrons. The van der Waals surface area contributed by atoms with Crippen molar-refractivity contribution in [3.8, 4) is 0 Å². The van der Waals surface area contributed by atoms with Gasteiger partial charge in [-0.2, -0.15) is 0 Å². The standard InChI is InChI=1S/C14H19BrFNO2/c1-14(2,9-18)7-4-8-17-13(19)12-10(15)5-3-6-11(12)16/h3,5-6,18H,4,7-9H2,1-2H3,(H,17,19). The predicted molar refractivity (Wildman–Crippen MR) is 76.5 cm³/mol. The van der Waals surface area contributed by atoms with E-state index in [1.807, 2.05) is 13.8 Å². The molecule has 1 rings (SSSR count). The lowest BCUT2D eigenvalue weighted by Crippen LogP contribution is -2.27. The number of carbonyl (C=O) groups excluding carboxylic acids is 1. The van der Waals surface area contributed by atoms with Gasteiger partial charge in [0.05, 0.1) is 5.56 Å². The normalized spacial score (nSPS) is 11.4. The van der Waals surface area contributed by atoms with E-state index in [9.17, 15) is 9.18 Å². The van der Waals surface area contributed by atoms with Gasteiger partial charge in [0.25, 0.3) is 5.91 Å². The Hall–Kier alpha value is -0.940. The van der Waals surface area contributed by atoms with Crippen LogP contribution in [0.15, 0.2) is 22.7 Å². The lowest BCUT2D eigenvalue weighted by molar-refractivity contribution is 0.0943. The Balaban J connectivity index is 2.49. The van der Waals surface area contributed by atoms with Crippen molar-refractivity contribution in [2.75, 3.05) is 13.2 Å². The Bertz CT molecular complexity index is 429. The average Bonchev–Trinajstić information content (AvgIpc) is 2.34. The van der Waals surface area contributed by atoms with Gasteiger partial charge in [-0.15, -0.1) is 0 Å². The summed E-state index contributed by atoms with van der Waals surface area (Å²) in [6, 6.07) is 4.43. The molecule has 0 aliphatic rings. The van der Waals surface area contributed by atoms with Crippen molar-refractivity contribution in [3.63, 3.8) is 0 Å². The molecule has 3 nitrogen and oxygen atoms in total. The first-order chi connectivity index (χ1) is 8.87. The molecular weight excluding hydrogens is 313 g/mol. The average molecular weight is 332 g/mol. The summed E-state index contributed by atoms with van der Waals surface area (Å²) in [5.74, 6) is -0.964. The van der Waals surface area contributed by atoms with E-state index < -0.39 is 11.7 Å². The van der Waals surface area contributed by atoms with Crippen molar-refractivity contribution in [1.82, 2.24) is 5.32 Å². The summed E-state index contributed by atoms with van der Waals surface area (Å²) in [4.78, 5) is 11.8. The number of benzene rings is 1. The van der Waals surface area contributed by atoms with Crippen LogP contribution in [0.2, 0.25) is 0 Å². The van der Waals surface area contributed by atoms with Gasteiger partial charge in [0.2, 0.25) is 0 Å². The molecule has 0 atom stereocenters. The maximum absolute atomic E-state index is 13.5. The first-order valence-corrected chi connectivity index (χ1v) is 7.00. The maximum Gasteiger partial charge on any atom is 0.255 e. The molecule has 0 spiro atoms. The van der Waals surface area contributed by atoms with Crippen LogP contribution in [0, 0.1) is 11.2 Å². The summed E-state index contributed by atoms with van der Waals surface area (Å²) in [5, 5.41) is 11.8. The summed E-state index contributed by atoms with van der Waals surface area (Å²) in [6.07, 6.45) is 1.54. The second kappa shape index (κ2) is 7.01. The molecule has 0 aliphatic carbocycles. The SMILES string of the molecule is CC(C)(CO)CCCNC(=O)c1c(F)cccc1Br. The fourth-order valence-electron chi connectivity index (χ4n) is 1.65. The van der Waals surface area contributed by atoms with Gasteiger partial charge < -0.3 is 10.4 Å². The summed E-state index contributed by atoms with van der Waals surface area (Å²) in [5.41, 5.74) is -0.118. The molecule has 1 aromatic carbocycles. The molecule has 0 aromatic heterocycles. The summed E-state index contributed by atoms with van der Waals surface area (Å²) in [7, 11) is 0. The highest BCUT2D eigenvalue weighted by atomic mass is 79.9. The van der Waals surface area contributed by atoms with Gasteiger partial charge in [0, 0.05) is 17.6 Å². The molecule has 0 bridgehead atoms. The van der Waals surface area contributed by atoms with E-state index in [2.05, 4.69) is 21.2 Å². The summed E-state index contributed by atoms with van der Waals surface area (Å²) >= 11 is 3.17. The number of aliphatic hydroxyl groups excluding tert-OH is 1. The molecule has 5 heteroatoms. The van der Waals surface area contributed by atoms with Crippen LogP contribution in [0.25, 0.3) is 0 Å². The second-order valence-corrected chi connectivity index (χ2v) is 6.13. The van der Waals surface area contributed by atoms with Crippen LogP contribution in [-0.2, 0) is 0 Å². The molecule has 19 heavy (non-hydrogen) atoms. The largest absolute Gasteiger partial charge is 0.396 e. The lowest BCUT2D eigenvalue weighted by atomic mass is 9.89. The van der Waals surface area contributed by atoms with Crippen LogP contribution >= 0.6 is 15.9 Å². The summed E-state index contributed by atoms with van der Waals surface area (Å²) in [6.45, 7) is 4.49. The molecule has 0 fully saturated rings. The van der Waals surface area contributed by atoms with Crippen LogP contribution in [0.5, 0.6) is 0 Å². The first kappa shape index (κ1) is 16.1. The minimum atomic E-state index is -0.539. The van der Waals surface area contributed by atoms with E-state index in [1.165, 1.54) is 6.07 Å². The van der Waals surface area contributed by atoms with E-state index in [4.69, 9.17) is 5.11 Å². The number of rotatable bonds is 6. The fourth-order valence-corrected chi connectivity index (χ4v) is 2.17. The minimum Gasteiger partial charge on any atom is -0.396 e. The van der Waals surface area contributed by atoms with Gasteiger partial charge in [-0.3, -0.25) is 4.79 Å². The molecule has 0 heterocycles. The molecule has 1 amide bonds. The quantitative estimate of drug-likeness (QED) is 0.787. The van der Waals surface area contributed by atoms with Crippen LogP contribution in [0.1, 0.15) is 37.0 Å². The third-order valence-electron chi connectivity index (χ3n) is 2.93. The van der Waals surface area contributed by atoms with Gasteiger partial charge in [0.1, 0.15) is 5.82 Å². The van der Waals surface area contributed by atoms with Crippen molar-refractivity contribution < 1.29 is 14.3 Å². The second-order valence-electron chi connectivity index (χ2n) is 5.28. The zero-order chi connectivity index (χ0) is 14.5. The number of aliphatic hydroxyl groups is 1. The molecule has 0 unspecified atom stereocenters. The Morgan fingerprint density at radius 1 is 1.47 bits per heavy atom. The number of halogens is 2. The van der Waals surface area contributed by atoms with Crippen molar-refractivity contribution in [2.45, 2.75) is 26.7 Å². The molecule has 2 N–H and O–H groups in total. The minimum absolute atomic E-state index is 0.0314. The van der Waals surface area contributed by atoms with Crippen molar-refractivity contribution >= 4 is 21.8 Å². The van der Waals surface area contributed by atoms with E-state index in [-0.39, 0.29) is 17.6 Å². The topological polar surface area (TPSA) is 49.3 Å². The van der Waals surface area contributed by atoms with Gasteiger partial charge in [-0.05, 0) is 46.3 Å². The third-order valence-corrected chi connectivity index (χ3v) is 3.59. The van der Waals surface area contributed by atoms with Gasteiger partial charge in [0.15, 0.2) is 0 Å². The Kier molecular flexibility index (Phi) is 5.94. The van der Waals surface area contributed by atoms with Gasteiger partial charge in [-0.25, -0.2) is 4.39 Å². The van der Waals surface area contributed by atoms with E-state index in [0.29, 0.717) is 11.0 Å². The van der Waals surface area contributed by atoms with Crippen LogP contribution in [-0.4, -0.2) is 24.2 Å². The molecule has 0 saturated heterocycles. The summed E-state index contributed by atoms with van der Waals surface area (Å²) < 4.78 is 14.0.